The molecule has 0 saturated carbocycles. The largest absolute Gasteiger partial charge is 0.298 e. The van der Waals surface area contributed by atoms with Gasteiger partial charge < -0.3 is 0 Å². The van der Waals surface area contributed by atoms with Gasteiger partial charge in [0, 0.05) is 23.3 Å². The van der Waals surface area contributed by atoms with E-state index in [1.54, 1.807) is 41.3 Å². The van der Waals surface area contributed by atoms with Crippen LogP contribution < -0.4 is 10.2 Å². The number of thiocarbonyl (C=S) groups is 1. The highest BCUT2D eigenvalue weighted by Crippen LogP contribution is 2.23. The number of carbonyl (C=O) groups is 2. The molecule has 0 atom stereocenters. The number of halogens is 1. The fourth-order valence-electron chi connectivity index (χ4n) is 2.28. The monoisotopic (exact) mass is 360 g/mol. The van der Waals surface area contributed by atoms with Crippen molar-refractivity contribution >= 4 is 52.5 Å². The summed E-state index contributed by atoms with van der Waals surface area (Å²) >= 11 is 11.0. The molecule has 1 N–H and O–H groups in total. The normalized spacial score (nSPS) is 16.7. The van der Waals surface area contributed by atoms with Crippen molar-refractivity contribution in [3.63, 3.8) is 0 Å². The van der Waals surface area contributed by atoms with Gasteiger partial charge in [0.2, 0.25) is 0 Å². The molecule has 122 valence electrons. The summed E-state index contributed by atoms with van der Waals surface area (Å²) in [5.41, 5.74) is 1.19. The van der Waals surface area contributed by atoms with E-state index in [0.717, 1.165) is 0 Å². The van der Waals surface area contributed by atoms with Crippen LogP contribution in [0.1, 0.15) is 12.5 Å². The molecule has 0 bridgehead atoms. The highest BCUT2D eigenvalue weighted by molar-refractivity contribution is 7.80. The highest BCUT2D eigenvalue weighted by Gasteiger charge is 2.34. The molecule has 0 spiro atoms. The molecule has 1 fully saturated rings. The Morgan fingerprint density at radius 1 is 1.29 bits per heavy atom. The number of carbonyl (C=O) groups excluding carboxylic acids is 2. The Bertz CT molecular complexity index is 857. The van der Waals surface area contributed by atoms with Gasteiger partial charge in [0.1, 0.15) is 5.57 Å². The van der Waals surface area contributed by atoms with E-state index >= 15 is 0 Å². The van der Waals surface area contributed by atoms with E-state index in [9.17, 15) is 9.59 Å². The molecule has 24 heavy (non-hydrogen) atoms. The van der Waals surface area contributed by atoms with Crippen LogP contribution in [0.3, 0.4) is 0 Å². The standard InChI is InChI=1S/C16H13ClN4O2S/c1-2-20-9-10(8-18-20)7-13-14(22)19-16(24)21(15(13)23)12-5-3-11(17)4-6-12/h3-9H,2H2,1H3,(H,19,22,24)/b13-7+. The van der Waals surface area contributed by atoms with Gasteiger partial charge in [-0.05, 0) is 49.5 Å². The van der Waals surface area contributed by atoms with Crippen molar-refractivity contribution in [3.05, 3.63) is 52.8 Å². The van der Waals surface area contributed by atoms with Crippen LogP contribution in [-0.2, 0) is 16.1 Å². The average molecular weight is 361 g/mol. The number of aryl methyl sites for hydroxylation is 1. The predicted molar refractivity (Wildman–Crippen MR) is 95.6 cm³/mol. The van der Waals surface area contributed by atoms with Gasteiger partial charge in [-0.3, -0.25) is 24.5 Å². The van der Waals surface area contributed by atoms with Crippen molar-refractivity contribution in [1.82, 2.24) is 15.1 Å². The number of nitrogens with one attached hydrogen (secondary N) is 1. The van der Waals surface area contributed by atoms with E-state index in [4.69, 9.17) is 23.8 Å². The second-order valence-electron chi connectivity index (χ2n) is 5.06. The average Bonchev–Trinajstić information content (AvgIpc) is 3.01. The quantitative estimate of drug-likeness (QED) is 0.518. The first-order valence-electron chi connectivity index (χ1n) is 7.19. The zero-order chi connectivity index (χ0) is 17.3. The van der Waals surface area contributed by atoms with Crippen LogP contribution >= 0.6 is 23.8 Å². The van der Waals surface area contributed by atoms with E-state index < -0.39 is 11.8 Å². The van der Waals surface area contributed by atoms with Gasteiger partial charge >= 0.3 is 0 Å². The van der Waals surface area contributed by atoms with Crippen molar-refractivity contribution in [1.29, 1.82) is 0 Å². The topological polar surface area (TPSA) is 67.2 Å². The summed E-state index contributed by atoms with van der Waals surface area (Å²) in [4.78, 5) is 26.2. The van der Waals surface area contributed by atoms with Gasteiger partial charge in [-0.1, -0.05) is 11.6 Å². The Kier molecular flexibility index (Phi) is 4.46. The number of amides is 2. The Hall–Kier alpha value is -2.51. The molecule has 0 aliphatic carbocycles. The zero-order valence-corrected chi connectivity index (χ0v) is 14.3. The summed E-state index contributed by atoms with van der Waals surface area (Å²) in [5, 5.41) is 7.24. The van der Waals surface area contributed by atoms with E-state index in [0.29, 0.717) is 22.8 Å². The van der Waals surface area contributed by atoms with Gasteiger partial charge in [0.25, 0.3) is 11.8 Å². The van der Waals surface area contributed by atoms with Crippen LogP contribution in [0.2, 0.25) is 5.02 Å². The minimum absolute atomic E-state index is 0.00537. The maximum Gasteiger partial charge on any atom is 0.270 e. The Labute approximate surface area is 148 Å². The van der Waals surface area contributed by atoms with Crippen LogP contribution in [0.15, 0.2) is 42.2 Å². The lowest BCUT2D eigenvalue weighted by atomic mass is 10.1. The first kappa shape index (κ1) is 16.4. The molecule has 1 aromatic carbocycles. The summed E-state index contributed by atoms with van der Waals surface area (Å²) in [5.74, 6) is -1.02. The van der Waals surface area contributed by atoms with Crippen molar-refractivity contribution in [2.75, 3.05) is 4.90 Å². The Morgan fingerprint density at radius 3 is 2.62 bits per heavy atom. The first-order valence-corrected chi connectivity index (χ1v) is 7.97. The smallest absolute Gasteiger partial charge is 0.270 e. The van der Waals surface area contributed by atoms with E-state index in [2.05, 4.69) is 10.4 Å². The van der Waals surface area contributed by atoms with Gasteiger partial charge in [0.05, 0.1) is 11.9 Å². The summed E-state index contributed by atoms with van der Waals surface area (Å²) in [6, 6.07) is 6.63. The SMILES string of the molecule is CCn1cc(/C=C2\C(=O)NC(=S)N(c3ccc(Cl)cc3)C2=O)cn1. The molecule has 1 aliphatic rings. The zero-order valence-electron chi connectivity index (χ0n) is 12.7. The number of nitrogens with zero attached hydrogens (tertiary/aromatic N) is 3. The van der Waals surface area contributed by atoms with E-state index in [1.165, 1.54) is 11.0 Å². The van der Waals surface area contributed by atoms with Crippen LogP contribution in [0.25, 0.3) is 6.08 Å². The van der Waals surface area contributed by atoms with Gasteiger partial charge in [-0.15, -0.1) is 0 Å². The first-order chi connectivity index (χ1) is 11.5. The molecule has 6 nitrogen and oxygen atoms in total. The number of rotatable bonds is 3. The van der Waals surface area contributed by atoms with Gasteiger partial charge in [-0.25, -0.2) is 0 Å². The molecule has 1 aliphatic heterocycles. The third-order valence-electron chi connectivity index (χ3n) is 3.47. The maximum atomic E-state index is 12.8. The molecular formula is C16H13ClN4O2S. The van der Waals surface area contributed by atoms with Crippen molar-refractivity contribution in [3.8, 4) is 0 Å². The number of hydrogen-bond donors (Lipinski definition) is 1. The summed E-state index contributed by atoms with van der Waals surface area (Å²) in [6.45, 7) is 2.65. The van der Waals surface area contributed by atoms with Crippen molar-refractivity contribution < 1.29 is 9.59 Å². The second-order valence-corrected chi connectivity index (χ2v) is 5.89. The maximum absolute atomic E-state index is 12.8. The number of anilines is 1. The van der Waals surface area contributed by atoms with Gasteiger partial charge in [-0.2, -0.15) is 5.10 Å². The van der Waals surface area contributed by atoms with Crippen LogP contribution in [0, 0.1) is 0 Å². The number of benzene rings is 1. The van der Waals surface area contributed by atoms with E-state index in [1.807, 2.05) is 6.92 Å². The molecule has 2 aromatic rings. The summed E-state index contributed by atoms with van der Waals surface area (Å²) in [7, 11) is 0. The minimum atomic E-state index is -0.528. The predicted octanol–water partition coefficient (Wildman–Crippen LogP) is 2.39. The van der Waals surface area contributed by atoms with Crippen LogP contribution in [0.5, 0.6) is 0 Å². The molecule has 1 saturated heterocycles. The summed E-state index contributed by atoms with van der Waals surface area (Å²) < 4.78 is 1.71. The molecule has 0 radical (unpaired) electrons. The molecule has 2 amide bonds. The Morgan fingerprint density at radius 2 is 2.00 bits per heavy atom. The Balaban J connectivity index is 1.98. The summed E-state index contributed by atoms with van der Waals surface area (Å²) in [6.07, 6.45) is 4.85. The minimum Gasteiger partial charge on any atom is -0.298 e. The van der Waals surface area contributed by atoms with Crippen molar-refractivity contribution in [2.45, 2.75) is 13.5 Å². The highest BCUT2D eigenvalue weighted by atomic mass is 35.5. The fourth-order valence-corrected chi connectivity index (χ4v) is 2.68. The third-order valence-corrected chi connectivity index (χ3v) is 4.01. The lowest BCUT2D eigenvalue weighted by Crippen LogP contribution is -2.54. The molecule has 0 unspecified atom stereocenters. The van der Waals surface area contributed by atoms with E-state index in [-0.39, 0.29) is 10.7 Å². The molecule has 8 heteroatoms. The lowest BCUT2D eigenvalue weighted by molar-refractivity contribution is -0.122. The van der Waals surface area contributed by atoms with Crippen LogP contribution in [0.4, 0.5) is 5.69 Å². The molecule has 2 heterocycles. The fraction of sp³-hybridized carbons (Fsp3) is 0.125. The molecule has 1 aromatic heterocycles. The van der Waals surface area contributed by atoms with Crippen LogP contribution in [-0.4, -0.2) is 26.7 Å². The molecule has 3 rings (SSSR count). The molecular weight excluding hydrogens is 348 g/mol. The number of hydrogen-bond acceptors (Lipinski definition) is 4. The van der Waals surface area contributed by atoms with Crippen molar-refractivity contribution in [2.24, 2.45) is 0 Å². The lowest BCUT2D eigenvalue weighted by Gasteiger charge is -2.28. The number of aromatic nitrogens is 2. The third kappa shape index (κ3) is 3.08. The van der Waals surface area contributed by atoms with Gasteiger partial charge in [0.15, 0.2) is 5.11 Å². The second kappa shape index (κ2) is 6.54.